The van der Waals surface area contributed by atoms with Gasteiger partial charge in [0.15, 0.2) is 0 Å². The first-order chi connectivity index (χ1) is 19.4. The number of unbranched alkanes of at least 4 members (excludes halogenated alkanes) is 1. The van der Waals surface area contributed by atoms with Crippen molar-refractivity contribution >= 4 is 40.6 Å². The third-order valence-corrected chi connectivity index (χ3v) is 6.63. The molecule has 4 atom stereocenters. The second kappa shape index (κ2) is 16.3. The number of hydrogen-bond acceptors (Lipinski definition) is 7. The van der Waals surface area contributed by atoms with Gasteiger partial charge in [0.2, 0.25) is 17.7 Å². The van der Waals surface area contributed by atoms with Crippen molar-refractivity contribution < 1.29 is 34.2 Å². The van der Waals surface area contributed by atoms with Gasteiger partial charge in [-0.3, -0.25) is 19.2 Å². The molecule has 1 aromatic carbocycles. The lowest BCUT2D eigenvalue weighted by atomic mass is 10.0. The van der Waals surface area contributed by atoms with Crippen molar-refractivity contribution in [2.24, 2.45) is 17.4 Å². The topological polar surface area (TPSA) is 230 Å². The number of carbonyl (C=O) groups excluding carboxylic acids is 3. The monoisotopic (exact) mass is 574 g/mol. The number of aromatic nitrogens is 1. The maximum atomic E-state index is 13.3. The smallest absolute Gasteiger partial charge is 0.326 e. The van der Waals surface area contributed by atoms with Crippen LogP contribution in [-0.4, -0.2) is 75.6 Å². The van der Waals surface area contributed by atoms with Crippen LogP contribution in [0.25, 0.3) is 10.9 Å². The molecule has 3 amide bonds. The van der Waals surface area contributed by atoms with Crippen LogP contribution in [0.3, 0.4) is 0 Å². The summed E-state index contributed by atoms with van der Waals surface area (Å²) in [5.41, 5.74) is 13.3. The lowest BCUT2D eigenvalue weighted by Gasteiger charge is -2.26. The Kier molecular flexibility index (Phi) is 13.2. The first-order valence-corrected chi connectivity index (χ1v) is 13.8. The first-order valence-electron chi connectivity index (χ1n) is 13.8. The Morgan fingerprint density at radius 3 is 2.15 bits per heavy atom. The number of carboxylic acid groups (broad SMARTS) is 2. The Labute approximate surface area is 238 Å². The number of hydrogen-bond donors (Lipinski definition) is 8. The van der Waals surface area contributed by atoms with Gasteiger partial charge >= 0.3 is 11.9 Å². The Balaban J connectivity index is 2.13. The number of aliphatic carboxylic acids is 2. The molecule has 0 fully saturated rings. The fraction of sp³-hybridized carbons (Fsp3) is 0.536. The van der Waals surface area contributed by atoms with E-state index < -0.39 is 60.2 Å². The highest BCUT2D eigenvalue weighted by Crippen LogP contribution is 2.19. The molecule has 0 bridgehead atoms. The number of carboxylic acids is 2. The molecule has 13 heteroatoms. The van der Waals surface area contributed by atoms with Crippen LogP contribution in [0.1, 0.15) is 57.9 Å². The van der Waals surface area contributed by atoms with Crippen molar-refractivity contribution in [2.75, 3.05) is 6.54 Å². The van der Waals surface area contributed by atoms with E-state index in [4.69, 9.17) is 11.5 Å². The number of carbonyl (C=O) groups is 5. The van der Waals surface area contributed by atoms with E-state index in [1.54, 1.807) is 6.20 Å². The maximum Gasteiger partial charge on any atom is 0.326 e. The number of para-hydroxylation sites is 1. The number of aromatic amines is 1. The number of fused-ring (bicyclic) bond motifs is 1. The molecule has 2 aromatic rings. The summed E-state index contributed by atoms with van der Waals surface area (Å²) in [5, 5.41) is 27.2. The van der Waals surface area contributed by atoms with Crippen molar-refractivity contribution in [3.05, 3.63) is 36.0 Å². The van der Waals surface area contributed by atoms with Gasteiger partial charge in [-0.05, 0) is 62.6 Å². The molecule has 41 heavy (non-hydrogen) atoms. The third kappa shape index (κ3) is 10.8. The van der Waals surface area contributed by atoms with Crippen LogP contribution in [0.5, 0.6) is 0 Å². The molecule has 2 rings (SSSR count). The second-order valence-electron chi connectivity index (χ2n) is 10.5. The number of H-pyrrole nitrogens is 1. The first kappa shape index (κ1) is 33.2. The standard InChI is InChI=1S/C28H42N6O7/c1-16(2)13-23(27(39)33-22(28(40)41)9-5-6-12-29)34-26(38)21(10-11-24(35)36)32-25(37)19(30)14-17-15-31-20-8-4-3-7-18(17)20/h3-4,7-8,15-16,19,21-23,31H,5-6,9-14,29-30H2,1-2H3,(H,32,37)(H,33,39)(H,34,38)(H,35,36)(H,40,41). The van der Waals surface area contributed by atoms with Gasteiger partial charge in [-0.1, -0.05) is 32.0 Å². The van der Waals surface area contributed by atoms with Crippen LogP contribution in [0.15, 0.2) is 30.5 Å². The van der Waals surface area contributed by atoms with E-state index >= 15 is 0 Å². The highest BCUT2D eigenvalue weighted by Gasteiger charge is 2.31. The largest absolute Gasteiger partial charge is 0.481 e. The summed E-state index contributed by atoms with van der Waals surface area (Å²) in [6, 6.07) is 2.93. The van der Waals surface area contributed by atoms with Gasteiger partial charge in [0.05, 0.1) is 6.04 Å². The molecule has 0 spiro atoms. The molecule has 0 aliphatic heterocycles. The van der Waals surface area contributed by atoms with Crippen molar-refractivity contribution in [1.29, 1.82) is 0 Å². The molecular formula is C28H42N6O7. The zero-order chi connectivity index (χ0) is 30.5. The zero-order valence-corrected chi connectivity index (χ0v) is 23.5. The Hall–Kier alpha value is -3.97. The molecule has 1 heterocycles. The van der Waals surface area contributed by atoms with Gasteiger partial charge in [-0.15, -0.1) is 0 Å². The summed E-state index contributed by atoms with van der Waals surface area (Å²) < 4.78 is 0. The quantitative estimate of drug-likeness (QED) is 0.116. The van der Waals surface area contributed by atoms with Crippen LogP contribution >= 0.6 is 0 Å². The van der Waals surface area contributed by atoms with E-state index in [0.717, 1.165) is 16.5 Å². The Bertz CT molecular complexity index is 1200. The van der Waals surface area contributed by atoms with E-state index in [0.29, 0.717) is 19.4 Å². The van der Waals surface area contributed by atoms with Crippen molar-refractivity contribution in [1.82, 2.24) is 20.9 Å². The Morgan fingerprint density at radius 2 is 1.51 bits per heavy atom. The number of nitrogens with two attached hydrogens (primary N) is 2. The minimum absolute atomic E-state index is 0.0526. The number of nitrogens with one attached hydrogen (secondary N) is 4. The molecule has 10 N–H and O–H groups in total. The highest BCUT2D eigenvalue weighted by atomic mass is 16.4. The molecule has 226 valence electrons. The lowest BCUT2D eigenvalue weighted by Crippen LogP contribution is -2.57. The minimum Gasteiger partial charge on any atom is -0.481 e. The van der Waals surface area contributed by atoms with Crippen molar-refractivity contribution in [2.45, 2.75) is 83.0 Å². The molecular weight excluding hydrogens is 532 g/mol. The molecule has 0 saturated heterocycles. The molecule has 0 aliphatic carbocycles. The van der Waals surface area contributed by atoms with Crippen LogP contribution in [0.2, 0.25) is 0 Å². The number of amides is 3. The molecule has 0 radical (unpaired) electrons. The predicted octanol–water partition coefficient (Wildman–Crippen LogP) is 0.617. The predicted molar refractivity (Wildman–Crippen MR) is 153 cm³/mol. The number of rotatable bonds is 18. The van der Waals surface area contributed by atoms with E-state index in [9.17, 15) is 34.2 Å². The summed E-state index contributed by atoms with van der Waals surface area (Å²) in [7, 11) is 0. The molecule has 13 nitrogen and oxygen atoms in total. The molecule has 0 saturated carbocycles. The summed E-state index contributed by atoms with van der Waals surface area (Å²) in [6.45, 7) is 4.05. The van der Waals surface area contributed by atoms with Crippen LogP contribution in [0, 0.1) is 5.92 Å². The van der Waals surface area contributed by atoms with Gasteiger partial charge in [0.1, 0.15) is 18.1 Å². The second-order valence-corrected chi connectivity index (χ2v) is 10.5. The van der Waals surface area contributed by atoms with Gasteiger partial charge in [0.25, 0.3) is 0 Å². The van der Waals surface area contributed by atoms with Crippen molar-refractivity contribution in [3.63, 3.8) is 0 Å². The fourth-order valence-electron chi connectivity index (χ4n) is 4.44. The maximum absolute atomic E-state index is 13.3. The van der Waals surface area contributed by atoms with Crippen molar-refractivity contribution in [3.8, 4) is 0 Å². The zero-order valence-electron chi connectivity index (χ0n) is 23.5. The fourth-order valence-corrected chi connectivity index (χ4v) is 4.44. The van der Waals surface area contributed by atoms with Crippen LogP contribution in [0.4, 0.5) is 0 Å². The van der Waals surface area contributed by atoms with E-state index in [1.165, 1.54) is 0 Å². The molecule has 1 aromatic heterocycles. The molecule has 4 unspecified atom stereocenters. The van der Waals surface area contributed by atoms with E-state index in [-0.39, 0.29) is 31.6 Å². The van der Waals surface area contributed by atoms with Crippen LogP contribution in [-0.2, 0) is 30.4 Å². The van der Waals surface area contributed by atoms with Gasteiger partial charge in [-0.25, -0.2) is 4.79 Å². The lowest BCUT2D eigenvalue weighted by molar-refractivity contribution is -0.142. The van der Waals surface area contributed by atoms with Gasteiger partial charge in [-0.2, -0.15) is 0 Å². The SMILES string of the molecule is CC(C)CC(NC(=O)C(CCC(=O)O)NC(=O)C(N)Cc1c[nH]c2ccccc12)C(=O)NC(CCCCN)C(=O)O. The van der Waals surface area contributed by atoms with E-state index in [1.807, 2.05) is 38.1 Å². The summed E-state index contributed by atoms with van der Waals surface area (Å²) in [4.78, 5) is 65.3. The van der Waals surface area contributed by atoms with E-state index in [2.05, 4.69) is 20.9 Å². The number of benzene rings is 1. The summed E-state index contributed by atoms with van der Waals surface area (Å²) in [6.07, 6.45) is 2.72. The molecule has 0 aliphatic rings. The summed E-state index contributed by atoms with van der Waals surface area (Å²) in [5.74, 6) is -4.54. The normalized spacial score (nSPS) is 14.2. The van der Waals surface area contributed by atoms with Gasteiger partial charge < -0.3 is 42.6 Å². The minimum atomic E-state index is -1.28. The third-order valence-electron chi connectivity index (χ3n) is 6.63. The average molecular weight is 575 g/mol. The van der Waals surface area contributed by atoms with Gasteiger partial charge in [0, 0.05) is 23.5 Å². The Morgan fingerprint density at radius 1 is 0.878 bits per heavy atom. The highest BCUT2D eigenvalue weighted by molar-refractivity contribution is 5.94. The summed E-state index contributed by atoms with van der Waals surface area (Å²) >= 11 is 0. The van der Waals surface area contributed by atoms with Crippen LogP contribution < -0.4 is 27.4 Å². The average Bonchev–Trinajstić information content (AvgIpc) is 3.31.